The zero-order chi connectivity index (χ0) is 29.4. The van der Waals surface area contributed by atoms with Gasteiger partial charge in [0.15, 0.2) is 23.9 Å². The van der Waals surface area contributed by atoms with Crippen molar-refractivity contribution in [1.29, 1.82) is 0 Å². The van der Waals surface area contributed by atoms with Crippen molar-refractivity contribution >= 4 is 71.6 Å². The second-order valence-electron chi connectivity index (χ2n) is 7.56. The summed E-state index contributed by atoms with van der Waals surface area (Å²) in [5, 5.41) is 14.8. The molecule has 0 aliphatic rings. The highest BCUT2D eigenvalue weighted by atomic mass is 79.9. The zero-order valence-electron chi connectivity index (χ0n) is 21.0. The number of rotatable bonds is 11. The topological polar surface area (TPSA) is 148 Å². The van der Waals surface area contributed by atoms with Crippen molar-refractivity contribution in [2.75, 3.05) is 27.9 Å². The van der Waals surface area contributed by atoms with Gasteiger partial charge in [0.1, 0.15) is 5.75 Å². The Labute approximate surface area is 253 Å². The van der Waals surface area contributed by atoms with Crippen molar-refractivity contribution in [1.82, 2.24) is 5.43 Å². The first-order valence-corrected chi connectivity index (χ1v) is 13.4. The molecular formula is C25H20Br3N3O9. The van der Waals surface area contributed by atoms with Crippen molar-refractivity contribution < 1.29 is 38.2 Å². The van der Waals surface area contributed by atoms with E-state index in [2.05, 4.69) is 58.3 Å². The van der Waals surface area contributed by atoms with E-state index in [1.54, 1.807) is 12.1 Å². The van der Waals surface area contributed by atoms with Crippen LogP contribution >= 0.6 is 47.8 Å². The number of nitrogens with zero attached hydrogens (tertiary/aromatic N) is 2. The minimum absolute atomic E-state index is 0.129. The first-order valence-electron chi connectivity index (χ1n) is 11.0. The summed E-state index contributed by atoms with van der Waals surface area (Å²) in [6.45, 7) is -0.418. The number of non-ortho nitro benzene ring substituents is 1. The fourth-order valence-corrected chi connectivity index (χ4v) is 5.02. The van der Waals surface area contributed by atoms with Crippen LogP contribution in [0.15, 0.2) is 61.0 Å². The number of nitro groups is 1. The van der Waals surface area contributed by atoms with Crippen molar-refractivity contribution in [3.05, 3.63) is 77.1 Å². The third kappa shape index (κ3) is 7.70. The first-order chi connectivity index (χ1) is 19.1. The third-order valence-electron chi connectivity index (χ3n) is 5.01. The predicted octanol–water partition coefficient (Wildman–Crippen LogP) is 5.66. The highest BCUT2D eigenvalue weighted by Crippen LogP contribution is 2.39. The van der Waals surface area contributed by atoms with Crippen molar-refractivity contribution in [2.24, 2.45) is 5.10 Å². The lowest BCUT2D eigenvalue weighted by Gasteiger charge is -2.15. The number of carbonyl (C=O) groups is 2. The molecule has 0 aliphatic heterocycles. The summed E-state index contributed by atoms with van der Waals surface area (Å²) in [6, 6.07) is 10.1. The number of esters is 1. The number of nitro benzene ring substituents is 1. The van der Waals surface area contributed by atoms with E-state index in [4.69, 9.17) is 23.7 Å². The van der Waals surface area contributed by atoms with Gasteiger partial charge in [-0.25, -0.2) is 10.2 Å². The Morgan fingerprint density at radius 3 is 2.17 bits per heavy atom. The summed E-state index contributed by atoms with van der Waals surface area (Å²) in [5.74, 6) is -0.0886. The molecular weight excluding hydrogens is 726 g/mol. The molecule has 0 fully saturated rings. The van der Waals surface area contributed by atoms with E-state index in [1.165, 1.54) is 57.9 Å². The Morgan fingerprint density at radius 1 is 0.925 bits per heavy atom. The smallest absolute Gasteiger partial charge is 0.343 e. The van der Waals surface area contributed by atoms with E-state index in [0.717, 1.165) is 0 Å². The van der Waals surface area contributed by atoms with Crippen LogP contribution in [0.3, 0.4) is 0 Å². The van der Waals surface area contributed by atoms with E-state index in [-0.39, 0.29) is 34.2 Å². The molecule has 0 aliphatic carbocycles. The highest BCUT2D eigenvalue weighted by molar-refractivity contribution is 9.11. The van der Waals surface area contributed by atoms with Gasteiger partial charge in [-0.05, 0) is 62.2 Å². The Morgan fingerprint density at radius 2 is 1.60 bits per heavy atom. The Kier molecular flexibility index (Phi) is 10.9. The fourth-order valence-electron chi connectivity index (χ4n) is 3.20. The molecule has 12 nitrogen and oxygen atoms in total. The number of hydrazone groups is 1. The standard InChI is InChI=1S/C25H20Br3N3O9/c1-36-20-7-13(8-21(37-2)24(20)38-3)25(33)40-23-14(6-15(26)9-18(23)28)11-29-30-22(32)12-39-19-5-4-16(31(34)35)10-17(19)27/h4-11H,12H2,1-3H3,(H,30,32). The van der Waals surface area contributed by atoms with Gasteiger partial charge in [-0.3, -0.25) is 14.9 Å². The van der Waals surface area contributed by atoms with Gasteiger partial charge in [0.2, 0.25) is 5.75 Å². The number of methoxy groups -OCH3 is 3. The normalized spacial score (nSPS) is 10.7. The monoisotopic (exact) mass is 743 g/mol. The maximum Gasteiger partial charge on any atom is 0.343 e. The minimum Gasteiger partial charge on any atom is -0.493 e. The van der Waals surface area contributed by atoms with E-state index in [0.29, 0.717) is 24.7 Å². The lowest BCUT2D eigenvalue weighted by Crippen LogP contribution is -2.24. The van der Waals surface area contributed by atoms with Crippen LogP contribution in [0, 0.1) is 10.1 Å². The third-order valence-corrected chi connectivity index (χ3v) is 6.68. The van der Waals surface area contributed by atoms with Gasteiger partial charge in [0.25, 0.3) is 11.6 Å². The lowest BCUT2D eigenvalue weighted by molar-refractivity contribution is -0.385. The van der Waals surface area contributed by atoms with Gasteiger partial charge in [0.05, 0.1) is 47.0 Å². The van der Waals surface area contributed by atoms with Crippen LogP contribution in [0.5, 0.6) is 28.7 Å². The summed E-state index contributed by atoms with van der Waals surface area (Å²) in [6.07, 6.45) is 1.28. The molecule has 0 unspecified atom stereocenters. The number of benzene rings is 3. The number of ether oxygens (including phenoxy) is 5. The van der Waals surface area contributed by atoms with Gasteiger partial charge < -0.3 is 23.7 Å². The van der Waals surface area contributed by atoms with E-state index < -0.39 is 23.4 Å². The lowest BCUT2D eigenvalue weighted by atomic mass is 10.1. The van der Waals surface area contributed by atoms with Crippen molar-refractivity contribution in [2.45, 2.75) is 0 Å². The molecule has 0 aromatic heterocycles. The first kappa shape index (κ1) is 30.8. The predicted molar refractivity (Wildman–Crippen MR) is 155 cm³/mol. The molecule has 0 radical (unpaired) electrons. The molecule has 1 N–H and O–H groups in total. The Balaban J connectivity index is 1.74. The summed E-state index contributed by atoms with van der Waals surface area (Å²) in [5.41, 5.74) is 2.66. The van der Waals surface area contributed by atoms with Gasteiger partial charge in [0, 0.05) is 22.2 Å². The van der Waals surface area contributed by atoms with Crippen LogP contribution in [0.4, 0.5) is 5.69 Å². The molecule has 0 saturated carbocycles. The molecule has 0 bridgehead atoms. The molecule has 3 rings (SSSR count). The number of halogens is 3. The van der Waals surface area contributed by atoms with Crippen molar-refractivity contribution in [3.8, 4) is 28.7 Å². The molecule has 210 valence electrons. The molecule has 1 amide bonds. The van der Waals surface area contributed by atoms with E-state index >= 15 is 0 Å². The average Bonchev–Trinajstić information content (AvgIpc) is 2.92. The second kappa shape index (κ2) is 14.1. The van der Waals surface area contributed by atoms with Crippen LogP contribution in [-0.2, 0) is 4.79 Å². The van der Waals surface area contributed by atoms with Gasteiger partial charge in [-0.2, -0.15) is 5.10 Å². The number of carbonyl (C=O) groups excluding carboxylic acids is 2. The zero-order valence-corrected chi connectivity index (χ0v) is 25.8. The number of nitrogens with one attached hydrogen (secondary N) is 1. The maximum absolute atomic E-state index is 13.0. The van der Waals surface area contributed by atoms with Gasteiger partial charge >= 0.3 is 5.97 Å². The number of amides is 1. The van der Waals surface area contributed by atoms with Crippen molar-refractivity contribution in [3.63, 3.8) is 0 Å². The number of hydrogen-bond acceptors (Lipinski definition) is 10. The Hall–Kier alpha value is -3.69. The average molecular weight is 746 g/mol. The fraction of sp³-hybridized carbons (Fsp3) is 0.160. The summed E-state index contributed by atoms with van der Waals surface area (Å²) >= 11 is 9.92. The van der Waals surface area contributed by atoms with Gasteiger partial charge in [-0.1, -0.05) is 15.9 Å². The summed E-state index contributed by atoms with van der Waals surface area (Å²) < 4.78 is 28.3. The van der Waals surface area contributed by atoms with Gasteiger partial charge in [-0.15, -0.1) is 0 Å². The number of hydrogen-bond donors (Lipinski definition) is 1. The van der Waals surface area contributed by atoms with Crippen LogP contribution in [0.25, 0.3) is 0 Å². The molecule has 15 heteroatoms. The minimum atomic E-state index is -0.719. The van der Waals surface area contributed by atoms with E-state index in [1.807, 2.05) is 0 Å². The Bertz CT molecular complexity index is 1460. The molecule has 3 aromatic rings. The van der Waals surface area contributed by atoms with Crippen LogP contribution in [0.2, 0.25) is 0 Å². The largest absolute Gasteiger partial charge is 0.493 e. The van der Waals surface area contributed by atoms with E-state index in [9.17, 15) is 19.7 Å². The maximum atomic E-state index is 13.0. The highest BCUT2D eigenvalue weighted by Gasteiger charge is 2.21. The molecule has 0 atom stereocenters. The van der Waals surface area contributed by atoms with Crippen LogP contribution in [-0.4, -0.2) is 51.0 Å². The molecule has 3 aromatic carbocycles. The summed E-state index contributed by atoms with van der Waals surface area (Å²) in [7, 11) is 4.30. The second-order valence-corrected chi connectivity index (χ2v) is 10.2. The molecule has 40 heavy (non-hydrogen) atoms. The van der Waals surface area contributed by atoms with Crippen LogP contribution < -0.4 is 29.1 Å². The van der Waals surface area contributed by atoms with Crippen LogP contribution in [0.1, 0.15) is 15.9 Å². The molecule has 0 saturated heterocycles. The quantitative estimate of drug-likeness (QED) is 0.0864. The molecule has 0 spiro atoms. The SMILES string of the molecule is COc1cc(C(=O)Oc2c(Br)cc(Br)cc2C=NNC(=O)COc2ccc([N+](=O)[O-])cc2Br)cc(OC)c1OC. The summed E-state index contributed by atoms with van der Waals surface area (Å²) in [4.78, 5) is 35.6. The molecule has 0 heterocycles.